The molecule has 17 heteroatoms. The molecule has 1 atom stereocenters. The summed E-state index contributed by atoms with van der Waals surface area (Å²) in [5.41, 5.74) is 9.39. The number of piperidine rings is 2. The summed E-state index contributed by atoms with van der Waals surface area (Å²) in [6, 6.07) is 9.80. The Labute approximate surface area is 337 Å². The third-order valence-electron chi connectivity index (χ3n) is 11.7. The van der Waals surface area contributed by atoms with Crippen LogP contribution in [-0.4, -0.2) is 101 Å². The Hall–Kier alpha value is -6.00. The Balaban J connectivity index is 0.788. The minimum atomic E-state index is -0.669. The fourth-order valence-corrected chi connectivity index (χ4v) is 8.77. The van der Waals surface area contributed by atoms with Crippen LogP contribution in [0.5, 0.6) is 17.2 Å². The molecule has 3 amide bonds. The van der Waals surface area contributed by atoms with Crippen molar-refractivity contribution in [3.63, 3.8) is 0 Å². The third kappa shape index (κ3) is 6.89. The van der Waals surface area contributed by atoms with Crippen molar-refractivity contribution >= 4 is 68.8 Å². The number of nitrogens with one attached hydrogen (secondary N) is 1. The number of imide groups is 1. The number of benzene rings is 2. The summed E-state index contributed by atoms with van der Waals surface area (Å²) in [5, 5.41) is 2.89. The first-order valence-corrected chi connectivity index (χ1v) is 19.8. The average molecular weight is 808 g/mol. The van der Waals surface area contributed by atoms with E-state index in [1.807, 2.05) is 19.1 Å². The van der Waals surface area contributed by atoms with Gasteiger partial charge in [0.2, 0.25) is 23.2 Å². The molecule has 3 saturated heterocycles. The quantitative estimate of drug-likeness (QED) is 0.167. The SMILES string of the molecule is COc1cc(N2CCC(CN3CCN(c4ncc(Oc5cc6oc7cccc(Cl)c7c(=O)c6nc5N)c(C)n4)CC3)CC2)cc2c1CN(C1CCC(=O)NC1=O)C2=O. The second-order valence-corrected chi connectivity index (χ2v) is 15.7. The first-order valence-electron chi connectivity index (χ1n) is 19.5. The van der Waals surface area contributed by atoms with E-state index in [-0.39, 0.29) is 63.3 Å². The molecule has 3 N–H and O–H groups in total. The largest absolute Gasteiger partial charge is 0.496 e. The number of halogens is 1. The standard InChI is InChI=1S/C41H42ClN9O7/c1-22-33(58-32-18-31-36(47-38(32)43)37(53)35-27(42)4-3-5-29(35)57-31)19-44-41(45-22)50-14-12-48(13-15-50)20-23-8-10-49(11-9-23)24-16-25-26(30(17-24)56-2)21-51(40(25)55)28-6-7-34(52)46-39(28)54/h3-5,16-19,23,28H,6-15,20-21H2,1-2H3,(H2,43,47)(H,46,52,54). The molecule has 0 spiro atoms. The smallest absolute Gasteiger partial charge is 0.255 e. The fraction of sp³-hybridized carbons (Fsp3) is 0.390. The van der Waals surface area contributed by atoms with Gasteiger partial charge in [-0.05, 0) is 50.3 Å². The van der Waals surface area contributed by atoms with Crippen molar-refractivity contribution in [3.8, 4) is 17.2 Å². The van der Waals surface area contributed by atoms with E-state index in [0.29, 0.717) is 46.6 Å². The highest BCUT2D eigenvalue weighted by Crippen LogP contribution is 2.39. The molecular weight excluding hydrogens is 766 g/mol. The van der Waals surface area contributed by atoms with Crippen molar-refractivity contribution in [2.45, 2.75) is 45.2 Å². The van der Waals surface area contributed by atoms with Crippen molar-refractivity contribution in [2.24, 2.45) is 5.92 Å². The number of pyridine rings is 1. The lowest BCUT2D eigenvalue weighted by Gasteiger charge is -2.39. The number of aromatic nitrogens is 3. The molecule has 7 heterocycles. The summed E-state index contributed by atoms with van der Waals surface area (Å²) in [5.74, 6) is 1.53. The van der Waals surface area contributed by atoms with Gasteiger partial charge < -0.3 is 34.3 Å². The van der Waals surface area contributed by atoms with Crippen molar-refractivity contribution in [3.05, 3.63) is 74.7 Å². The lowest BCUT2D eigenvalue weighted by molar-refractivity contribution is -0.136. The number of nitrogen functional groups attached to an aromatic ring is 1. The maximum atomic E-state index is 13.6. The number of carbonyl (C=O) groups excluding carboxylic acids is 3. The number of nitrogens with two attached hydrogens (primary N) is 1. The number of piperazine rings is 1. The average Bonchev–Trinajstić information content (AvgIpc) is 3.55. The Morgan fingerprint density at radius 2 is 1.72 bits per heavy atom. The van der Waals surface area contributed by atoms with Crippen LogP contribution in [0.1, 0.15) is 47.3 Å². The minimum absolute atomic E-state index is 0.0245. The molecule has 4 aliphatic rings. The molecule has 2 aromatic carbocycles. The lowest BCUT2D eigenvalue weighted by Crippen LogP contribution is -2.52. The first-order chi connectivity index (χ1) is 28.0. The second kappa shape index (κ2) is 15.1. The van der Waals surface area contributed by atoms with Gasteiger partial charge in [-0.1, -0.05) is 17.7 Å². The van der Waals surface area contributed by atoms with E-state index >= 15 is 0 Å². The highest BCUT2D eigenvalue weighted by atomic mass is 35.5. The molecule has 4 aliphatic heterocycles. The third-order valence-corrected chi connectivity index (χ3v) is 12.0. The van der Waals surface area contributed by atoms with E-state index < -0.39 is 11.9 Å². The van der Waals surface area contributed by atoms with Gasteiger partial charge in [0.05, 0.1) is 41.5 Å². The van der Waals surface area contributed by atoms with Crippen molar-refractivity contribution in [1.29, 1.82) is 0 Å². The minimum Gasteiger partial charge on any atom is -0.496 e. The van der Waals surface area contributed by atoms with Gasteiger partial charge in [0.1, 0.15) is 17.4 Å². The lowest BCUT2D eigenvalue weighted by atomic mass is 9.95. The maximum Gasteiger partial charge on any atom is 0.255 e. The molecule has 5 aromatic rings. The number of nitrogens with zero attached hydrogens (tertiary/aromatic N) is 7. The van der Waals surface area contributed by atoms with Crippen LogP contribution in [-0.2, 0) is 16.1 Å². The van der Waals surface area contributed by atoms with Crippen molar-refractivity contribution < 1.29 is 28.3 Å². The van der Waals surface area contributed by atoms with Gasteiger partial charge in [0.15, 0.2) is 28.4 Å². The molecule has 3 aromatic heterocycles. The summed E-state index contributed by atoms with van der Waals surface area (Å²) in [7, 11) is 1.60. The summed E-state index contributed by atoms with van der Waals surface area (Å²) in [4.78, 5) is 73.1. The summed E-state index contributed by atoms with van der Waals surface area (Å²) in [6.45, 7) is 8.20. The number of rotatable bonds is 8. The topological polar surface area (TPSA) is 190 Å². The van der Waals surface area contributed by atoms with Gasteiger partial charge in [-0.3, -0.25) is 29.4 Å². The van der Waals surface area contributed by atoms with E-state index in [9.17, 15) is 19.2 Å². The van der Waals surface area contributed by atoms with Gasteiger partial charge in [-0.25, -0.2) is 15.0 Å². The van der Waals surface area contributed by atoms with Crippen LogP contribution in [0.4, 0.5) is 17.5 Å². The molecule has 16 nitrogen and oxygen atoms in total. The monoisotopic (exact) mass is 807 g/mol. The van der Waals surface area contributed by atoms with Crippen LogP contribution in [0.25, 0.3) is 22.1 Å². The number of ether oxygens (including phenoxy) is 2. The number of amides is 3. The molecule has 9 rings (SSSR count). The van der Waals surface area contributed by atoms with Crippen molar-refractivity contribution in [1.82, 2.24) is 30.1 Å². The number of hydrogen-bond donors (Lipinski definition) is 2. The van der Waals surface area contributed by atoms with Gasteiger partial charge >= 0.3 is 0 Å². The number of fused-ring (bicyclic) bond motifs is 3. The molecule has 58 heavy (non-hydrogen) atoms. The van der Waals surface area contributed by atoms with Crippen molar-refractivity contribution in [2.75, 3.05) is 68.5 Å². The zero-order valence-electron chi connectivity index (χ0n) is 32.1. The Morgan fingerprint density at radius 1 is 0.931 bits per heavy atom. The molecule has 0 bridgehead atoms. The summed E-state index contributed by atoms with van der Waals surface area (Å²) < 4.78 is 17.8. The van der Waals surface area contributed by atoms with Gasteiger partial charge in [-0.15, -0.1) is 0 Å². The number of anilines is 3. The van der Waals surface area contributed by atoms with Crippen LogP contribution in [0.15, 0.2) is 51.8 Å². The summed E-state index contributed by atoms with van der Waals surface area (Å²) >= 11 is 6.25. The number of methoxy groups -OCH3 is 1. The van der Waals surface area contributed by atoms with Crippen LogP contribution in [0.2, 0.25) is 5.02 Å². The normalized spacial score (nSPS) is 19.3. The van der Waals surface area contributed by atoms with Gasteiger partial charge in [-0.2, -0.15) is 0 Å². The van der Waals surface area contributed by atoms with E-state index in [1.54, 1.807) is 42.5 Å². The predicted molar refractivity (Wildman–Crippen MR) is 217 cm³/mol. The molecular formula is C41H42ClN9O7. The van der Waals surface area contributed by atoms with E-state index in [4.69, 9.17) is 36.2 Å². The van der Waals surface area contributed by atoms with Gasteiger partial charge in [0.25, 0.3) is 5.91 Å². The van der Waals surface area contributed by atoms with Crippen LogP contribution >= 0.6 is 11.6 Å². The van der Waals surface area contributed by atoms with Crippen LogP contribution < -0.4 is 35.8 Å². The molecule has 0 saturated carbocycles. The highest BCUT2D eigenvalue weighted by Gasteiger charge is 2.41. The van der Waals surface area contributed by atoms with Crippen LogP contribution in [0, 0.1) is 12.8 Å². The Bertz CT molecular complexity index is 2550. The Kier molecular flexibility index (Phi) is 9.76. The molecule has 3 fully saturated rings. The van der Waals surface area contributed by atoms with E-state index in [2.05, 4.69) is 30.0 Å². The maximum absolute atomic E-state index is 13.6. The molecule has 300 valence electrons. The number of aryl methyl sites for hydroxylation is 1. The van der Waals surface area contributed by atoms with Gasteiger partial charge in [0, 0.05) is 75.6 Å². The Morgan fingerprint density at radius 3 is 2.47 bits per heavy atom. The zero-order valence-corrected chi connectivity index (χ0v) is 32.9. The number of hydrogen-bond acceptors (Lipinski definition) is 14. The molecule has 1 unspecified atom stereocenters. The van der Waals surface area contributed by atoms with E-state index in [0.717, 1.165) is 69.9 Å². The highest BCUT2D eigenvalue weighted by molar-refractivity contribution is 6.35. The van der Waals surface area contributed by atoms with Crippen LogP contribution in [0.3, 0.4) is 0 Å². The summed E-state index contributed by atoms with van der Waals surface area (Å²) in [6.07, 6.45) is 4.20. The first kappa shape index (κ1) is 37.6. The second-order valence-electron chi connectivity index (χ2n) is 15.3. The predicted octanol–water partition coefficient (Wildman–Crippen LogP) is 4.28. The van der Waals surface area contributed by atoms with E-state index in [1.165, 1.54) is 0 Å². The fourth-order valence-electron chi connectivity index (χ4n) is 8.52. The zero-order chi connectivity index (χ0) is 40.2. The molecule has 0 aliphatic carbocycles. The number of carbonyl (C=O) groups is 3. The molecule has 0 radical (unpaired) electrons.